The first-order valence-electron chi connectivity index (χ1n) is 9.96. The van der Waals surface area contributed by atoms with E-state index in [4.69, 9.17) is 14.6 Å². The number of nitrogens with zero attached hydrogens (tertiary/aromatic N) is 1. The van der Waals surface area contributed by atoms with E-state index in [0.29, 0.717) is 4.57 Å². The highest BCUT2D eigenvalue weighted by molar-refractivity contribution is 7.59. The first-order chi connectivity index (χ1) is 16.7. The quantitative estimate of drug-likeness (QED) is 0.137. The molecule has 7 N–H and O–H groups in total. The van der Waals surface area contributed by atoms with E-state index in [1.165, 1.54) is 0 Å². The van der Waals surface area contributed by atoms with Crippen LogP contribution in [0.15, 0.2) is 21.9 Å². The lowest BCUT2D eigenvalue weighted by molar-refractivity contribution is -0.305. The molecule has 0 spiro atoms. The van der Waals surface area contributed by atoms with E-state index in [2.05, 4.69) is 13.4 Å². The number of hydrogen-bond acceptors (Lipinski definition) is 17. The number of aromatic nitrogens is 2. The van der Waals surface area contributed by atoms with Crippen molar-refractivity contribution in [2.45, 2.75) is 55.2 Å². The zero-order chi connectivity index (χ0) is 27.0. The summed E-state index contributed by atoms with van der Waals surface area (Å²) < 4.78 is 47.1. The van der Waals surface area contributed by atoms with E-state index >= 15 is 0 Å². The maximum atomic E-state index is 12.0. The highest BCUT2D eigenvalue weighted by atomic mass is 31.3. The van der Waals surface area contributed by atoms with Gasteiger partial charge in [0.05, 0.1) is 13.2 Å². The second kappa shape index (κ2) is 11.2. The van der Waals surface area contributed by atoms with Gasteiger partial charge in [-0.3, -0.25) is 28.0 Å². The van der Waals surface area contributed by atoms with Gasteiger partial charge in [-0.25, -0.2) is 9.11 Å². The van der Waals surface area contributed by atoms with Gasteiger partial charge in [0.15, 0.2) is 12.5 Å². The summed E-state index contributed by atoms with van der Waals surface area (Å²) >= 11 is 0. The van der Waals surface area contributed by atoms with Crippen molar-refractivity contribution >= 4 is 15.6 Å². The van der Waals surface area contributed by atoms with Gasteiger partial charge >= 0.3 is 5.69 Å². The number of aliphatic hydroxyl groups excluding tert-OH is 6. The lowest BCUT2D eigenvalue weighted by atomic mass is 10.00. The van der Waals surface area contributed by atoms with E-state index in [1.54, 1.807) is 0 Å². The van der Waals surface area contributed by atoms with Crippen LogP contribution in [0.3, 0.4) is 0 Å². The number of aromatic amines is 1. The molecule has 36 heavy (non-hydrogen) atoms. The maximum Gasteiger partial charge on any atom is 0.330 e. The SMILES string of the molecule is O=c1ccn([C@@H]2O[C@H](COP(=O)([O-])OP(=O)([O-])O[C@H]3O[C@H](CO)[C@H](O)[C@H](O)[C@@H]3O)[C@@H](O)[C@H]2O)c(=O)[nH]1. The molecular formula is C15H22N2O17P2-2. The molecule has 1 aromatic rings. The summed E-state index contributed by atoms with van der Waals surface area (Å²) in [5.74, 6) is 0. The number of nitrogens with one attached hydrogen (secondary N) is 1. The topological polar surface area (TPSA) is 303 Å². The van der Waals surface area contributed by atoms with Crippen LogP contribution in [-0.2, 0) is 32.0 Å². The summed E-state index contributed by atoms with van der Waals surface area (Å²) in [6, 6.07) is 0.911. The molecule has 1 aromatic heterocycles. The molecule has 2 unspecified atom stereocenters. The minimum Gasteiger partial charge on any atom is -0.756 e. The number of H-pyrrole nitrogens is 1. The first kappa shape index (κ1) is 29.2. The van der Waals surface area contributed by atoms with Crippen LogP contribution in [0.1, 0.15) is 6.23 Å². The minimum atomic E-state index is -5.90. The lowest BCUT2D eigenvalue weighted by Gasteiger charge is -2.41. The van der Waals surface area contributed by atoms with Gasteiger partial charge in [-0.2, -0.15) is 0 Å². The predicted molar refractivity (Wildman–Crippen MR) is 104 cm³/mol. The fourth-order valence-corrected chi connectivity index (χ4v) is 5.42. The number of phosphoric acid groups is 2. The molecule has 0 aliphatic carbocycles. The Hall–Kier alpha value is -1.38. The Balaban J connectivity index is 1.61. The predicted octanol–water partition coefficient (Wildman–Crippen LogP) is -6.06. The van der Waals surface area contributed by atoms with Crippen LogP contribution in [-0.4, -0.2) is 102 Å². The molecule has 19 nitrogen and oxygen atoms in total. The van der Waals surface area contributed by atoms with E-state index < -0.39 is 95.4 Å². The minimum absolute atomic E-state index is 0.697. The maximum absolute atomic E-state index is 12.0. The molecule has 0 aromatic carbocycles. The molecule has 0 radical (unpaired) electrons. The van der Waals surface area contributed by atoms with Crippen molar-refractivity contribution in [2.75, 3.05) is 13.2 Å². The summed E-state index contributed by atoms with van der Waals surface area (Å²) in [5, 5.41) is 58.4. The molecule has 0 amide bonds. The summed E-state index contributed by atoms with van der Waals surface area (Å²) in [6.07, 6.45) is -15.8. The Morgan fingerprint density at radius 2 is 1.58 bits per heavy atom. The van der Waals surface area contributed by atoms with Crippen molar-refractivity contribution < 1.29 is 72.4 Å². The molecule has 3 heterocycles. The Kier molecular flexibility index (Phi) is 9.05. The zero-order valence-corrected chi connectivity index (χ0v) is 19.6. The number of aliphatic hydroxyl groups is 6. The lowest BCUT2D eigenvalue weighted by Crippen LogP contribution is -2.59. The number of ether oxygens (including phenoxy) is 2. The Bertz CT molecular complexity index is 1120. The molecule has 2 saturated heterocycles. The molecule has 206 valence electrons. The third-order valence-electron chi connectivity index (χ3n) is 5.14. The van der Waals surface area contributed by atoms with Crippen LogP contribution in [0.2, 0.25) is 0 Å². The third kappa shape index (κ3) is 6.54. The van der Waals surface area contributed by atoms with Gasteiger partial charge in [0.1, 0.15) is 42.7 Å². The highest BCUT2D eigenvalue weighted by Gasteiger charge is 2.47. The van der Waals surface area contributed by atoms with Gasteiger partial charge in [-0.1, -0.05) is 0 Å². The van der Waals surface area contributed by atoms with E-state index in [9.17, 15) is 54.0 Å². The second-order valence-electron chi connectivity index (χ2n) is 7.64. The van der Waals surface area contributed by atoms with Crippen molar-refractivity contribution in [1.82, 2.24) is 9.55 Å². The van der Waals surface area contributed by atoms with Crippen LogP contribution >= 0.6 is 15.6 Å². The van der Waals surface area contributed by atoms with Crippen LogP contribution < -0.4 is 21.0 Å². The van der Waals surface area contributed by atoms with Gasteiger partial charge in [0, 0.05) is 12.3 Å². The summed E-state index contributed by atoms with van der Waals surface area (Å²) in [6.45, 7) is -2.05. The van der Waals surface area contributed by atoms with Crippen molar-refractivity contribution in [3.63, 3.8) is 0 Å². The molecule has 3 rings (SSSR count). The highest BCUT2D eigenvalue weighted by Crippen LogP contribution is 2.57. The largest absolute Gasteiger partial charge is 0.756 e. The van der Waals surface area contributed by atoms with E-state index in [1.807, 2.05) is 4.98 Å². The summed E-state index contributed by atoms with van der Waals surface area (Å²) in [4.78, 5) is 48.9. The number of hydrogen-bond donors (Lipinski definition) is 7. The van der Waals surface area contributed by atoms with Gasteiger partial charge in [-0.15, -0.1) is 0 Å². The third-order valence-corrected chi connectivity index (χ3v) is 7.67. The van der Waals surface area contributed by atoms with Gasteiger partial charge in [0.2, 0.25) is 0 Å². The van der Waals surface area contributed by atoms with Gasteiger partial charge in [0.25, 0.3) is 21.2 Å². The van der Waals surface area contributed by atoms with Crippen molar-refractivity contribution in [3.05, 3.63) is 33.1 Å². The van der Waals surface area contributed by atoms with Crippen LogP contribution in [0.4, 0.5) is 0 Å². The monoisotopic (exact) mass is 564 g/mol. The molecule has 0 saturated carbocycles. The zero-order valence-electron chi connectivity index (χ0n) is 17.8. The fourth-order valence-electron chi connectivity index (χ4n) is 3.34. The molecule has 11 atom stereocenters. The van der Waals surface area contributed by atoms with Crippen molar-refractivity contribution in [3.8, 4) is 0 Å². The number of rotatable bonds is 9. The smallest absolute Gasteiger partial charge is 0.330 e. The van der Waals surface area contributed by atoms with E-state index in [0.717, 1.165) is 12.3 Å². The standard InChI is InChI=1S/C15H24N2O17P2/c18-3-5-8(20)10(22)12(24)14(32-5)33-36(28,29)34-35(26,27)30-4-6-9(21)11(23)13(31-6)17-2-1-7(19)16-15(17)25/h1-2,5-6,8-14,18,20-24H,3-4H2,(H,26,27)(H,28,29)(H,16,19,25)/p-2/t5-,6-,8+,9-,10+,11-,12+,13-,14-/m1/s1. The van der Waals surface area contributed by atoms with Gasteiger partial charge in [-0.05, 0) is 0 Å². The molecule has 21 heteroatoms. The number of phosphoric ester groups is 2. The molecule has 2 fully saturated rings. The molecule has 2 aliphatic rings. The summed E-state index contributed by atoms with van der Waals surface area (Å²) in [7, 11) is -11.7. The van der Waals surface area contributed by atoms with Crippen molar-refractivity contribution in [1.29, 1.82) is 0 Å². The molecular weight excluding hydrogens is 542 g/mol. The van der Waals surface area contributed by atoms with Crippen LogP contribution in [0, 0.1) is 0 Å². The molecule has 0 bridgehead atoms. The summed E-state index contributed by atoms with van der Waals surface area (Å²) in [5.41, 5.74) is -1.78. The van der Waals surface area contributed by atoms with Crippen LogP contribution in [0.25, 0.3) is 0 Å². The Morgan fingerprint density at radius 1 is 0.944 bits per heavy atom. The van der Waals surface area contributed by atoms with Gasteiger partial charge < -0.3 is 54.4 Å². The molecule has 2 aliphatic heterocycles. The van der Waals surface area contributed by atoms with Crippen molar-refractivity contribution in [2.24, 2.45) is 0 Å². The van der Waals surface area contributed by atoms with E-state index in [-0.39, 0.29) is 0 Å². The second-order valence-corrected chi connectivity index (χ2v) is 10.5. The Labute approximate surface area is 199 Å². The normalized spacial score (nSPS) is 38.4. The average molecular weight is 564 g/mol. The van der Waals surface area contributed by atoms with Crippen LogP contribution in [0.5, 0.6) is 0 Å². The fraction of sp³-hybridized carbons (Fsp3) is 0.733. The first-order valence-corrected chi connectivity index (χ1v) is 12.9. The Morgan fingerprint density at radius 3 is 2.19 bits per heavy atom. The average Bonchev–Trinajstić information content (AvgIpc) is 3.06.